The number of Topliss-reactive ketones (excluding diaryl/α,β-unsaturated/α-hetero) is 1. The highest BCUT2D eigenvalue weighted by Crippen LogP contribution is 2.18. The zero-order chi connectivity index (χ0) is 20.2. The van der Waals surface area contributed by atoms with Gasteiger partial charge in [-0.05, 0) is 32.8 Å². The van der Waals surface area contributed by atoms with Crippen molar-refractivity contribution in [1.82, 2.24) is 5.32 Å². The summed E-state index contributed by atoms with van der Waals surface area (Å²) < 4.78 is 10.7. The molecule has 8 nitrogen and oxygen atoms in total. The van der Waals surface area contributed by atoms with Gasteiger partial charge in [-0.25, -0.2) is 4.79 Å². The van der Waals surface area contributed by atoms with Crippen LogP contribution in [0.25, 0.3) is 5.53 Å². The SMILES string of the molecule is CCO[C@H](C(=O)N[C@@H](CCC(=O)C=[N+]=[N-])C(=O)OC(C)C)c1ccccc1. The highest BCUT2D eigenvalue weighted by molar-refractivity contribution is 6.25. The fraction of sp³-hybridized carbons (Fsp3) is 0.474. The van der Waals surface area contributed by atoms with Crippen LogP contribution in [0.3, 0.4) is 0 Å². The Balaban J connectivity index is 2.92. The molecule has 2 atom stereocenters. The molecule has 1 amide bonds. The molecule has 0 bridgehead atoms. The lowest BCUT2D eigenvalue weighted by atomic mass is 10.1. The Kier molecular flexibility index (Phi) is 9.64. The maximum atomic E-state index is 12.7. The van der Waals surface area contributed by atoms with Crippen molar-refractivity contribution in [3.8, 4) is 0 Å². The van der Waals surface area contributed by atoms with Crippen LogP contribution >= 0.6 is 0 Å². The number of benzene rings is 1. The van der Waals surface area contributed by atoms with Crippen LogP contribution in [-0.2, 0) is 23.9 Å². The molecule has 0 aliphatic heterocycles. The van der Waals surface area contributed by atoms with E-state index in [1.807, 2.05) is 6.07 Å². The number of amides is 1. The van der Waals surface area contributed by atoms with Gasteiger partial charge in [0, 0.05) is 13.0 Å². The molecule has 0 aromatic heterocycles. The first-order valence-electron chi connectivity index (χ1n) is 8.76. The summed E-state index contributed by atoms with van der Waals surface area (Å²) in [6.07, 6.45) is -0.592. The summed E-state index contributed by atoms with van der Waals surface area (Å²) in [5, 5.41) is 2.61. The normalized spacial score (nSPS) is 12.6. The first-order valence-corrected chi connectivity index (χ1v) is 8.76. The second kappa shape index (κ2) is 11.7. The first-order chi connectivity index (χ1) is 12.9. The number of esters is 1. The van der Waals surface area contributed by atoms with Crippen LogP contribution < -0.4 is 5.32 Å². The number of carbonyl (C=O) groups excluding carboxylic acids is 3. The Morgan fingerprint density at radius 2 is 1.89 bits per heavy atom. The van der Waals surface area contributed by atoms with Gasteiger partial charge in [0.1, 0.15) is 6.04 Å². The van der Waals surface area contributed by atoms with Crippen LogP contribution in [0.5, 0.6) is 0 Å². The molecule has 1 aromatic carbocycles. The van der Waals surface area contributed by atoms with Crippen molar-refractivity contribution in [2.45, 2.75) is 51.9 Å². The third kappa shape index (κ3) is 7.94. The van der Waals surface area contributed by atoms with Gasteiger partial charge in [0.05, 0.1) is 6.10 Å². The number of hydrogen-bond donors (Lipinski definition) is 1. The van der Waals surface area contributed by atoms with Crippen molar-refractivity contribution >= 4 is 23.9 Å². The number of ketones is 1. The molecule has 0 unspecified atom stereocenters. The summed E-state index contributed by atoms with van der Waals surface area (Å²) in [4.78, 5) is 39.2. The summed E-state index contributed by atoms with van der Waals surface area (Å²) in [7, 11) is 0. The monoisotopic (exact) mass is 375 g/mol. The molecule has 0 heterocycles. The van der Waals surface area contributed by atoms with E-state index in [2.05, 4.69) is 10.1 Å². The molecule has 0 spiro atoms. The van der Waals surface area contributed by atoms with E-state index < -0.39 is 29.8 Å². The second-order valence-corrected chi connectivity index (χ2v) is 6.04. The molecule has 0 saturated heterocycles. The number of carbonyl (C=O) groups is 3. The molecular weight excluding hydrogens is 350 g/mol. The van der Waals surface area contributed by atoms with E-state index >= 15 is 0 Å². The van der Waals surface area contributed by atoms with E-state index in [1.165, 1.54) is 0 Å². The van der Waals surface area contributed by atoms with Crippen LogP contribution in [0.15, 0.2) is 30.3 Å². The van der Waals surface area contributed by atoms with Crippen molar-refractivity contribution in [3.63, 3.8) is 0 Å². The third-order valence-electron chi connectivity index (χ3n) is 3.51. The number of nitrogens with zero attached hydrogens (tertiary/aromatic N) is 2. The lowest BCUT2D eigenvalue weighted by Gasteiger charge is -2.22. The van der Waals surface area contributed by atoms with Gasteiger partial charge in [0.15, 0.2) is 6.10 Å². The molecular formula is C19H25N3O5. The number of nitrogens with one attached hydrogen (secondary N) is 1. The van der Waals surface area contributed by atoms with Gasteiger partial charge in [-0.3, -0.25) is 9.59 Å². The molecule has 0 saturated carbocycles. The average molecular weight is 375 g/mol. The van der Waals surface area contributed by atoms with Gasteiger partial charge in [-0.1, -0.05) is 30.3 Å². The Morgan fingerprint density at radius 3 is 2.44 bits per heavy atom. The van der Waals surface area contributed by atoms with E-state index in [1.54, 1.807) is 45.0 Å². The van der Waals surface area contributed by atoms with Crippen molar-refractivity contribution < 1.29 is 28.6 Å². The molecule has 0 aliphatic carbocycles. The van der Waals surface area contributed by atoms with Crippen LogP contribution in [0, 0.1) is 0 Å². The minimum atomic E-state index is -1.03. The van der Waals surface area contributed by atoms with Crippen molar-refractivity contribution in [2.75, 3.05) is 6.61 Å². The fourth-order valence-electron chi connectivity index (χ4n) is 2.34. The van der Waals surface area contributed by atoms with Crippen LogP contribution in [0.1, 0.15) is 45.3 Å². The molecule has 8 heteroatoms. The van der Waals surface area contributed by atoms with Crippen LogP contribution in [-0.4, -0.2) is 47.4 Å². The van der Waals surface area contributed by atoms with Gasteiger partial charge in [-0.2, -0.15) is 4.79 Å². The van der Waals surface area contributed by atoms with Crippen molar-refractivity contribution in [3.05, 3.63) is 41.4 Å². The zero-order valence-electron chi connectivity index (χ0n) is 15.8. The molecule has 1 aromatic rings. The average Bonchev–Trinajstić information content (AvgIpc) is 2.63. The Labute approximate surface area is 158 Å². The molecule has 0 fully saturated rings. The van der Waals surface area contributed by atoms with Crippen molar-refractivity contribution in [2.24, 2.45) is 0 Å². The summed E-state index contributed by atoms with van der Waals surface area (Å²) >= 11 is 0. The van der Waals surface area contributed by atoms with Gasteiger partial charge >= 0.3 is 12.2 Å². The van der Waals surface area contributed by atoms with Gasteiger partial charge in [0.2, 0.25) is 5.78 Å². The van der Waals surface area contributed by atoms with Crippen molar-refractivity contribution in [1.29, 1.82) is 0 Å². The van der Waals surface area contributed by atoms with Gasteiger partial charge < -0.3 is 20.3 Å². The minimum Gasteiger partial charge on any atom is -0.461 e. The standard InChI is InChI=1S/C19H25N3O5/c1-4-26-17(14-8-6-5-7-9-14)18(24)22-16(19(25)27-13(2)3)11-10-15(23)12-21-20/h5-9,12-13,16-17H,4,10-11H2,1-3H3,(H,22,24)/t16-,17-/m0/s1. The zero-order valence-corrected chi connectivity index (χ0v) is 15.8. The summed E-state index contributed by atoms with van der Waals surface area (Å²) in [5.74, 6) is -1.62. The van der Waals surface area contributed by atoms with E-state index in [4.69, 9.17) is 15.0 Å². The quantitative estimate of drug-likeness (QED) is 0.274. The molecule has 0 radical (unpaired) electrons. The molecule has 1 N–H and O–H groups in total. The molecule has 146 valence electrons. The lowest BCUT2D eigenvalue weighted by molar-refractivity contribution is -0.153. The maximum absolute atomic E-state index is 12.7. The van der Waals surface area contributed by atoms with Gasteiger partial charge in [0.25, 0.3) is 5.91 Å². The Hall–Kier alpha value is -2.83. The van der Waals surface area contributed by atoms with E-state index in [9.17, 15) is 14.4 Å². The van der Waals surface area contributed by atoms with E-state index in [-0.39, 0.29) is 18.9 Å². The third-order valence-corrected chi connectivity index (χ3v) is 3.51. The van der Waals surface area contributed by atoms with E-state index in [0.717, 1.165) is 6.21 Å². The minimum absolute atomic E-state index is 0.00970. The van der Waals surface area contributed by atoms with Gasteiger partial charge in [-0.15, -0.1) is 0 Å². The largest absolute Gasteiger partial charge is 0.461 e. The molecule has 27 heavy (non-hydrogen) atoms. The first kappa shape index (κ1) is 22.2. The molecule has 1 rings (SSSR count). The Bertz CT molecular complexity index is 684. The number of rotatable bonds is 11. The molecule has 0 aliphatic rings. The highest BCUT2D eigenvalue weighted by atomic mass is 16.5. The Morgan fingerprint density at radius 1 is 1.22 bits per heavy atom. The predicted molar refractivity (Wildman–Crippen MR) is 97.9 cm³/mol. The topological polar surface area (TPSA) is 118 Å². The summed E-state index contributed by atoms with van der Waals surface area (Å²) in [6, 6.07) is 7.87. The number of ether oxygens (including phenoxy) is 2. The predicted octanol–water partition coefficient (Wildman–Crippen LogP) is 1.85. The van der Waals surface area contributed by atoms with Crippen LogP contribution in [0.2, 0.25) is 0 Å². The fourth-order valence-corrected chi connectivity index (χ4v) is 2.34. The highest BCUT2D eigenvalue weighted by Gasteiger charge is 2.29. The smallest absolute Gasteiger partial charge is 0.328 e. The maximum Gasteiger partial charge on any atom is 0.328 e. The number of hydrogen-bond acceptors (Lipinski definition) is 5. The summed E-state index contributed by atoms with van der Waals surface area (Å²) in [5.41, 5.74) is 9.05. The van der Waals surface area contributed by atoms with Crippen LogP contribution in [0.4, 0.5) is 0 Å². The summed E-state index contributed by atoms with van der Waals surface area (Å²) in [6.45, 7) is 5.45. The second-order valence-electron chi connectivity index (χ2n) is 6.04. The lowest BCUT2D eigenvalue weighted by Crippen LogP contribution is -2.45. The van der Waals surface area contributed by atoms with E-state index in [0.29, 0.717) is 12.2 Å².